The molecule has 3 heterocycles. The second-order valence-corrected chi connectivity index (χ2v) is 14.7. The van der Waals surface area contributed by atoms with Gasteiger partial charge in [-0.2, -0.15) is 0 Å². The number of rotatable bonds is 6. The van der Waals surface area contributed by atoms with E-state index in [-0.39, 0.29) is 0 Å². The van der Waals surface area contributed by atoms with Crippen molar-refractivity contribution in [1.82, 2.24) is 4.98 Å². The molecular weight excluding hydrogens is 713 g/mol. The van der Waals surface area contributed by atoms with Crippen molar-refractivity contribution in [2.24, 2.45) is 0 Å². The van der Waals surface area contributed by atoms with E-state index in [0.29, 0.717) is 5.89 Å². The summed E-state index contributed by atoms with van der Waals surface area (Å²) in [5.74, 6) is 0.594. The average molecular weight is 745 g/mol. The molecule has 12 rings (SSSR count). The van der Waals surface area contributed by atoms with E-state index in [1.807, 2.05) is 60.7 Å². The van der Waals surface area contributed by atoms with E-state index in [9.17, 15) is 0 Å². The standard InChI is InChI=1S/C53H32N2O3/c1-3-14-35(15-4-1)53-54-51-40(20-12-24-47(51)58-53)36-31-43(50-48(32-36)56-46-30-27-33-13-7-8-18-39(33)49(46)50)34-25-28-38(29-26-34)55(37-16-5-2-6-17-37)44-22-11-21-42-41-19-9-10-23-45(41)57-52(42)44/h1-32H. The lowest BCUT2D eigenvalue weighted by Crippen LogP contribution is -2.10. The molecule has 0 amide bonds. The number of oxazole rings is 1. The number of hydrogen-bond donors (Lipinski definition) is 0. The van der Waals surface area contributed by atoms with Gasteiger partial charge in [0.25, 0.3) is 0 Å². The van der Waals surface area contributed by atoms with Crippen LogP contribution in [0.25, 0.3) is 99.5 Å². The molecule has 12 aromatic rings. The SMILES string of the molecule is c1ccc(-c2nc3c(-c4cc(-c5ccc(N(c6ccccc6)c6cccc7c6oc6ccccc67)cc5)c5c(c4)oc4ccc6ccccc6c45)cccc3o2)cc1. The van der Waals surface area contributed by atoms with Crippen LogP contribution in [-0.2, 0) is 0 Å². The van der Waals surface area contributed by atoms with Crippen molar-refractivity contribution in [2.45, 2.75) is 0 Å². The van der Waals surface area contributed by atoms with Gasteiger partial charge in [-0.15, -0.1) is 0 Å². The Bertz CT molecular complexity index is 3510. The molecule has 0 bridgehead atoms. The summed E-state index contributed by atoms with van der Waals surface area (Å²) in [7, 11) is 0. The van der Waals surface area contributed by atoms with E-state index in [4.69, 9.17) is 18.2 Å². The Kier molecular flexibility index (Phi) is 7.16. The Labute approximate surface area is 332 Å². The zero-order chi connectivity index (χ0) is 38.2. The third-order valence-electron chi connectivity index (χ3n) is 11.3. The van der Waals surface area contributed by atoms with Crippen molar-refractivity contribution >= 4 is 82.8 Å². The summed E-state index contributed by atoms with van der Waals surface area (Å²) in [6.07, 6.45) is 0. The van der Waals surface area contributed by atoms with Crippen LogP contribution in [0.15, 0.2) is 207 Å². The number of aromatic nitrogens is 1. The largest absolute Gasteiger partial charge is 0.456 e. The quantitative estimate of drug-likeness (QED) is 0.170. The second-order valence-electron chi connectivity index (χ2n) is 14.7. The summed E-state index contributed by atoms with van der Waals surface area (Å²) in [6, 6.07) is 67.3. The van der Waals surface area contributed by atoms with Crippen LogP contribution in [0.2, 0.25) is 0 Å². The maximum absolute atomic E-state index is 6.75. The van der Waals surface area contributed by atoms with Crippen molar-refractivity contribution in [3.05, 3.63) is 194 Å². The van der Waals surface area contributed by atoms with Crippen molar-refractivity contribution in [2.75, 3.05) is 4.90 Å². The van der Waals surface area contributed by atoms with E-state index in [2.05, 4.69) is 138 Å². The fraction of sp³-hybridized carbons (Fsp3) is 0. The molecule has 3 aromatic heterocycles. The molecular formula is C53H32N2O3. The maximum atomic E-state index is 6.75. The molecule has 5 heteroatoms. The van der Waals surface area contributed by atoms with Gasteiger partial charge in [0, 0.05) is 44.0 Å². The topological polar surface area (TPSA) is 55.6 Å². The molecule has 0 saturated carbocycles. The van der Waals surface area contributed by atoms with Gasteiger partial charge in [0.05, 0.1) is 5.69 Å². The summed E-state index contributed by atoms with van der Waals surface area (Å²) in [5.41, 5.74) is 13.0. The van der Waals surface area contributed by atoms with E-state index < -0.39 is 0 Å². The molecule has 5 nitrogen and oxygen atoms in total. The van der Waals surface area contributed by atoms with Crippen molar-refractivity contribution < 1.29 is 13.3 Å². The zero-order valence-electron chi connectivity index (χ0n) is 31.1. The van der Waals surface area contributed by atoms with Crippen molar-refractivity contribution in [3.63, 3.8) is 0 Å². The van der Waals surface area contributed by atoms with E-state index in [1.54, 1.807) is 0 Å². The first kappa shape index (κ1) is 32.4. The fourth-order valence-electron chi connectivity index (χ4n) is 8.64. The first-order valence-corrected chi connectivity index (χ1v) is 19.4. The number of nitrogens with zero attached hydrogens (tertiary/aromatic N) is 2. The van der Waals surface area contributed by atoms with Gasteiger partial charge in [-0.1, -0.05) is 121 Å². The molecule has 0 saturated heterocycles. The van der Waals surface area contributed by atoms with E-state index in [1.165, 1.54) is 5.39 Å². The Hall–Kier alpha value is -7.89. The molecule has 0 aliphatic carbocycles. The lowest BCUT2D eigenvalue weighted by molar-refractivity contribution is 0.620. The zero-order valence-corrected chi connectivity index (χ0v) is 31.1. The van der Waals surface area contributed by atoms with Gasteiger partial charge in [-0.3, -0.25) is 0 Å². The summed E-state index contributed by atoms with van der Waals surface area (Å²) < 4.78 is 19.6. The maximum Gasteiger partial charge on any atom is 0.227 e. The van der Waals surface area contributed by atoms with Crippen LogP contribution in [0.1, 0.15) is 0 Å². The first-order chi connectivity index (χ1) is 28.7. The van der Waals surface area contributed by atoms with E-state index in [0.717, 1.165) is 105 Å². The first-order valence-electron chi connectivity index (χ1n) is 19.4. The fourth-order valence-corrected chi connectivity index (χ4v) is 8.64. The van der Waals surface area contributed by atoms with Gasteiger partial charge >= 0.3 is 0 Å². The van der Waals surface area contributed by atoms with Gasteiger partial charge in [0.2, 0.25) is 5.89 Å². The van der Waals surface area contributed by atoms with Gasteiger partial charge in [-0.25, -0.2) is 4.98 Å². The predicted molar refractivity (Wildman–Crippen MR) is 237 cm³/mol. The van der Waals surface area contributed by atoms with Crippen LogP contribution in [0.3, 0.4) is 0 Å². The van der Waals surface area contributed by atoms with Gasteiger partial charge < -0.3 is 18.2 Å². The Morgan fingerprint density at radius 1 is 0.379 bits per heavy atom. The Morgan fingerprint density at radius 2 is 1.09 bits per heavy atom. The minimum Gasteiger partial charge on any atom is -0.456 e. The number of anilines is 3. The average Bonchev–Trinajstić information content (AvgIpc) is 4.01. The molecule has 0 unspecified atom stereocenters. The highest BCUT2D eigenvalue weighted by molar-refractivity contribution is 6.23. The molecule has 0 N–H and O–H groups in total. The normalized spacial score (nSPS) is 11.8. The van der Waals surface area contributed by atoms with Crippen LogP contribution >= 0.6 is 0 Å². The third-order valence-corrected chi connectivity index (χ3v) is 11.3. The molecule has 9 aromatic carbocycles. The molecule has 0 aliphatic rings. The number of fused-ring (bicyclic) bond motifs is 9. The van der Waals surface area contributed by atoms with Crippen LogP contribution in [0, 0.1) is 0 Å². The molecule has 0 radical (unpaired) electrons. The van der Waals surface area contributed by atoms with Gasteiger partial charge in [0.15, 0.2) is 11.2 Å². The number of furan rings is 2. The van der Waals surface area contributed by atoms with Crippen LogP contribution < -0.4 is 4.90 Å². The minimum atomic E-state index is 0.594. The smallest absolute Gasteiger partial charge is 0.227 e. The van der Waals surface area contributed by atoms with Crippen LogP contribution in [0.4, 0.5) is 17.1 Å². The highest BCUT2D eigenvalue weighted by atomic mass is 16.3. The lowest BCUT2D eigenvalue weighted by atomic mass is 9.92. The molecule has 0 atom stereocenters. The van der Waals surface area contributed by atoms with Crippen molar-refractivity contribution in [3.8, 4) is 33.7 Å². The van der Waals surface area contributed by atoms with Gasteiger partial charge in [0.1, 0.15) is 22.3 Å². The Morgan fingerprint density at radius 3 is 1.95 bits per heavy atom. The molecule has 0 spiro atoms. The predicted octanol–water partition coefficient (Wildman–Crippen LogP) is 15.3. The van der Waals surface area contributed by atoms with Gasteiger partial charge in [-0.05, 0) is 100 Å². The lowest BCUT2D eigenvalue weighted by Gasteiger charge is -2.25. The van der Waals surface area contributed by atoms with Crippen LogP contribution in [-0.4, -0.2) is 4.98 Å². The summed E-state index contributed by atoms with van der Waals surface area (Å²) in [5, 5.41) is 6.69. The molecule has 0 aliphatic heterocycles. The summed E-state index contributed by atoms with van der Waals surface area (Å²) in [6.45, 7) is 0. The second kappa shape index (κ2) is 12.8. The number of hydrogen-bond acceptors (Lipinski definition) is 5. The monoisotopic (exact) mass is 744 g/mol. The van der Waals surface area contributed by atoms with E-state index >= 15 is 0 Å². The molecule has 0 fully saturated rings. The van der Waals surface area contributed by atoms with Crippen LogP contribution in [0.5, 0.6) is 0 Å². The third kappa shape index (κ3) is 5.07. The highest BCUT2D eigenvalue weighted by Gasteiger charge is 2.22. The number of benzene rings is 9. The summed E-state index contributed by atoms with van der Waals surface area (Å²) >= 11 is 0. The molecule has 272 valence electrons. The minimum absolute atomic E-state index is 0.594. The number of para-hydroxylation sites is 4. The molecule has 58 heavy (non-hydrogen) atoms. The van der Waals surface area contributed by atoms with Crippen molar-refractivity contribution in [1.29, 1.82) is 0 Å². The Balaban J connectivity index is 1.07. The summed E-state index contributed by atoms with van der Waals surface area (Å²) in [4.78, 5) is 7.31. The highest BCUT2D eigenvalue weighted by Crippen LogP contribution is 2.46.